The number of aliphatic hydroxyl groups is 1. The van der Waals surface area contributed by atoms with Crippen molar-refractivity contribution in [2.75, 3.05) is 13.2 Å². The van der Waals surface area contributed by atoms with Crippen LogP contribution in [-0.2, 0) is 16.1 Å². The van der Waals surface area contributed by atoms with Gasteiger partial charge in [0.2, 0.25) is 0 Å². The Hall–Kier alpha value is -3.04. The van der Waals surface area contributed by atoms with Crippen LogP contribution in [0.15, 0.2) is 47.3 Å². The summed E-state index contributed by atoms with van der Waals surface area (Å²) in [5.41, 5.74) is 3.78. The number of allylic oxidation sites excluding steroid dienone is 2. The third-order valence-corrected chi connectivity index (χ3v) is 11.1. The molecule has 0 radical (unpaired) electrons. The molecule has 6 heteroatoms. The van der Waals surface area contributed by atoms with E-state index in [9.17, 15) is 9.90 Å². The minimum atomic E-state index is -0.952. The molecule has 6 rings (SSSR count). The van der Waals surface area contributed by atoms with Crippen molar-refractivity contribution in [2.45, 2.75) is 77.2 Å². The Kier molecular flexibility index (Phi) is 6.62. The fourth-order valence-electron chi connectivity index (χ4n) is 8.80. The Balaban J connectivity index is 1.03. The molecule has 206 valence electrons. The molecule has 39 heavy (non-hydrogen) atoms. The first-order valence-corrected chi connectivity index (χ1v) is 14.7. The average Bonchev–Trinajstić information content (AvgIpc) is 3.47. The number of nitrogens with zero attached hydrogens (tertiary/aromatic N) is 1. The van der Waals surface area contributed by atoms with E-state index in [1.807, 2.05) is 18.3 Å². The molecule has 0 spiro atoms. The van der Waals surface area contributed by atoms with Crippen LogP contribution in [0.4, 0.5) is 0 Å². The van der Waals surface area contributed by atoms with E-state index >= 15 is 0 Å². The second-order valence-electron chi connectivity index (χ2n) is 12.8. The van der Waals surface area contributed by atoms with Gasteiger partial charge in [-0.25, -0.2) is 0 Å². The van der Waals surface area contributed by atoms with Crippen LogP contribution in [0.1, 0.15) is 70.8 Å². The second kappa shape index (κ2) is 9.86. The predicted octanol–water partition coefficient (Wildman–Crippen LogP) is 5.53. The Morgan fingerprint density at radius 2 is 2.00 bits per heavy atom. The van der Waals surface area contributed by atoms with Gasteiger partial charge in [0, 0.05) is 29.1 Å². The maximum atomic E-state index is 12.3. The second-order valence-corrected chi connectivity index (χ2v) is 12.8. The summed E-state index contributed by atoms with van der Waals surface area (Å²) < 4.78 is 0. The minimum absolute atomic E-state index is 0.0686. The Morgan fingerprint density at radius 1 is 1.18 bits per heavy atom. The van der Waals surface area contributed by atoms with Crippen molar-refractivity contribution in [3.05, 3.63) is 47.7 Å². The van der Waals surface area contributed by atoms with E-state index in [4.69, 9.17) is 11.3 Å². The van der Waals surface area contributed by atoms with Gasteiger partial charge in [0.1, 0.15) is 5.60 Å². The summed E-state index contributed by atoms with van der Waals surface area (Å²) in [4.78, 5) is 21.1. The molecule has 3 N–H and O–H groups in total. The first kappa shape index (κ1) is 26.2. The molecule has 1 aromatic carbocycles. The fourth-order valence-corrected chi connectivity index (χ4v) is 8.80. The molecule has 6 atom stereocenters. The van der Waals surface area contributed by atoms with Gasteiger partial charge < -0.3 is 20.2 Å². The summed E-state index contributed by atoms with van der Waals surface area (Å²) >= 11 is 0. The van der Waals surface area contributed by atoms with Crippen molar-refractivity contribution in [2.24, 2.45) is 33.7 Å². The minimum Gasteiger partial charge on any atom is -0.385 e. The number of fused-ring (bicyclic) bond motifs is 6. The van der Waals surface area contributed by atoms with Crippen LogP contribution < -0.4 is 5.32 Å². The number of hydrogen-bond acceptors (Lipinski definition) is 4. The normalized spacial score (nSPS) is 36.4. The molecule has 4 aliphatic rings. The maximum Gasteiger partial charge on any atom is 0.260 e. The molecule has 1 aromatic heterocycles. The zero-order chi connectivity index (χ0) is 27.3. The molecule has 1 heterocycles. The number of hydrogen-bond donors (Lipinski definition) is 3. The number of oxime groups is 1. The van der Waals surface area contributed by atoms with Gasteiger partial charge in [0.05, 0.1) is 5.71 Å². The van der Waals surface area contributed by atoms with Gasteiger partial charge in [-0.3, -0.25) is 4.79 Å². The number of carbonyl (C=O) groups excluding carboxylic acids is 1. The number of amides is 1. The van der Waals surface area contributed by atoms with Crippen molar-refractivity contribution in [1.29, 1.82) is 0 Å². The number of benzene rings is 1. The van der Waals surface area contributed by atoms with Crippen LogP contribution in [-0.4, -0.2) is 40.5 Å². The van der Waals surface area contributed by atoms with Crippen LogP contribution >= 0.6 is 0 Å². The Bertz CT molecular complexity index is 1370. The van der Waals surface area contributed by atoms with E-state index in [-0.39, 0.29) is 23.3 Å². The van der Waals surface area contributed by atoms with Crippen molar-refractivity contribution in [1.82, 2.24) is 10.3 Å². The lowest BCUT2D eigenvalue weighted by molar-refractivity contribution is -0.125. The van der Waals surface area contributed by atoms with E-state index in [1.54, 1.807) is 0 Å². The fraction of sp³-hybridized carbons (Fsp3) is 0.576. The molecular weight excluding hydrogens is 486 g/mol. The van der Waals surface area contributed by atoms with E-state index in [0.29, 0.717) is 24.3 Å². The monoisotopic (exact) mass is 527 g/mol. The molecule has 2 aromatic rings. The predicted molar refractivity (Wildman–Crippen MR) is 154 cm³/mol. The van der Waals surface area contributed by atoms with Crippen LogP contribution in [0.5, 0.6) is 0 Å². The number of aromatic amines is 1. The number of H-pyrrole nitrogens is 1. The maximum absolute atomic E-state index is 12.3. The molecule has 6 nitrogen and oxygen atoms in total. The van der Waals surface area contributed by atoms with Crippen LogP contribution in [0, 0.1) is 40.9 Å². The van der Waals surface area contributed by atoms with Gasteiger partial charge >= 0.3 is 0 Å². The molecule has 0 saturated heterocycles. The number of aromatic nitrogens is 1. The molecule has 0 unspecified atom stereocenters. The number of rotatable bonds is 6. The van der Waals surface area contributed by atoms with Crippen molar-refractivity contribution in [3.63, 3.8) is 0 Å². The largest absolute Gasteiger partial charge is 0.385 e. The van der Waals surface area contributed by atoms with E-state index < -0.39 is 5.60 Å². The highest BCUT2D eigenvalue weighted by Gasteiger charge is 2.63. The topological polar surface area (TPSA) is 86.7 Å². The smallest absolute Gasteiger partial charge is 0.260 e. The standard InChI is InChI=1S/C33H41N3O3/c1-4-33(38)17-13-28-26-10-9-23-19-24(11-15-31(23,2)27(26)12-16-32(28,33)3)36-39-21-30(37)34-18-14-22-20-35-29-8-6-5-7-25(22)29/h1,5-8,19-20,26-28,35,38H,9-18,21H2,2-3H3,(H,34,37)/t26-,27+,28+,31+,32+,33-/m1/s1. The number of para-hydroxylation sites is 1. The first-order valence-electron chi connectivity index (χ1n) is 14.7. The molecule has 3 saturated carbocycles. The zero-order valence-corrected chi connectivity index (χ0v) is 23.3. The van der Waals surface area contributed by atoms with Gasteiger partial charge in [0.25, 0.3) is 5.91 Å². The van der Waals surface area contributed by atoms with Gasteiger partial charge in [-0.2, -0.15) is 0 Å². The summed E-state index contributed by atoms with van der Waals surface area (Å²) in [7, 11) is 0. The van der Waals surface area contributed by atoms with Gasteiger partial charge in [-0.05, 0) is 98.7 Å². The van der Waals surface area contributed by atoms with Crippen LogP contribution in [0.25, 0.3) is 10.9 Å². The summed E-state index contributed by atoms with van der Waals surface area (Å²) in [5, 5.41) is 19.7. The summed E-state index contributed by atoms with van der Waals surface area (Å²) in [5.74, 6) is 4.38. The average molecular weight is 528 g/mol. The number of terminal acetylenes is 1. The molecular formula is C33H41N3O3. The van der Waals surface area contributed by atoms with Gasteiger partial charge in [-0.15, -0.1) is 6.42 Å². The van der Waals surface area contributed by atoms with Crippen LogP contribution in [0.3, 0.4) is 0 Å². The Labute approximate surface area is 231 Å². The molecule has 1 amide bonds. The third kappa shape index (κ3) is 4.30. The number of carbonyl (C=O) groups is 1. The number of nitrogens with one attached hydrogen (secondary N) is 2. The van der Waals surface area contributed by atoms with E-state index in [2.05, 4.69) is 53.4 Å². The Morgan fingerprint density at radius 3 is 2.85 bits per heavy atom. The summed E-state index contributed by atoms with van der Waals surface area (Å²) in [6.07, 6.45) is 18.9. The van der Waals surface area contributed by atoms with Crippen molar-refractivity contribution in [3.8, 4) is 12.3 Å². The van der Waals surface area contributed by atoms with Crippen LogP contribution in [0.2, 0.25) is 0 Å². The quantitative estimate of drug-likeness (QED) is 0.341. The summed E-state index contributed by atoms with van der Waals surface area (Å²) in [6.45, 7) is 5.18. The molecule has 0 aliphatic heterocycles. The lowest BCUT2D eigenvalue weighted by atomic mass is 9.46. The molecule has 3 fully saturated rings. The zero-order valence-electron chi connectivity index (χ0n) is 23.3. The highest BCUT2D eigenvalue weighted by Crippen LogP contribution is 2.67. The first-order chi connectivity index (χ1) is 18.8. The van der Waals surface area contributed by atoms with Gasteiger partial charge in [-0.1, -0.05) is 48.7 Å². The SMILES string of the molecule is C#C[C@@]1(O)CC[C@H]2[C@@H]3CCC4=CC(=NOCC(=O)NCCc5c[nH]c6ccccc56)CC[C@]4(C)[C@H]3CC[C@@]21C. The van der Waals surface area contributed by atoms with Gasteiger partial charge in [0.15, 0.2) is 6.61 Å². The third-order valence-electron chi connectivity index (χ3n) is 11.1. The molecule has 0 bridgehead atoms. The lowest BCUT2D eigenvalue weighted by Crippen LogP contribution is -2.54. The van der Waals surface area contributed by atoms with Crippen molar-refractivity contribution < 1.29 is 14.7 Å². The summed E-state index contributed by atoms with van der Waals surface area (Å²) in [6, 6.07) is 8.19. The molecule has 4 aliphatic carbocycles. The van der Waals surface area contributed by atoms with E-state index in [1.165, 1.54) is 16.5 Å². The highest BCUT2D eigenvalue weighted by molar-refractivity contribution is 5.96. The van der Waals surface area contributed by atoms with Crippen molar-refractivity contribution >= 4 is 22.5 Å². The lowest BCUT2D eigenvalue weighted by Gasteiger charge is -2.58. The highest BCUT2D eigenvalue weighted by atomic mass is 16.6. The van der Waals surface area contributed by atoms with E-state index in [0.717, 1.165) is 69.0 Å².